The van der Waals surface area contributed by atoms with E-state index in [2.05, 4.69) is 32.2 Å². The smallest absolute Gasteiger partial charge is 0.224 e. The molecule has 2 aromatic rings. The molecular formula is C12H18N6. The van der Waals surface area contributed by atoms with Gasteiger partial charge in [0.1, 0.15) is 5.52 Å². The number of hydrogen-bond donors (Lipinski definition) is 3. The number of nitrogens with zero attached hydrogens (tertiary/aromatic N) is 3. The summed E-state index contributed by atoms with van der Waals surface area (Å²) in [5, 5.41) is 3.39. The average Bonchev–Trinajstić information content (AvgIpc) is 2.95. The average molecular weight is 246 g/mol. The molecule has 6 nitrogen and oxygen atoms in total. The SMILES string of the molecule is CC1(CNc2nc(N)nc3nc[nH]c23)CCCC1. The molecule has 1 fully saturated rings. The van der Waals surface area contributed by atoms with Crippen molar-refractivity contribution in [2.75, 3.05) is 17.6 Å². The van der Waals surface area contributed by atoms with Gasteiger partial charge in [0.2, 0.25) is 5.95 Å². The van der Waals surface area contributed by atoms with Crippen LogP contribution in [0.4, 0.5) is 11.8 Å². The Morgan fingerprint density at radius 2 is 2.17 bits per heavy atom. The van der Waals surface area contributed by atoms with Crippen molar-refractivity contribution >= 4 is 22.9 Å². The molecule has 0 unspecified atom stereocenters. The third-order valence-corrected chi connectivity index (χ3v) is 3.80. The fraction of sp³-hybridized carbons (Fsp3) is 0.583. The van der Waals surface area contributed by atoms with Crippen molar-refractivity contribution in [1.29, 1.82) is 0 Å². The summed E-state index contributed by atoms with van der Waals surface area (Å²) in [7, 11) is 0. The number of rotatable bonds is 3. The Labute approximate surface area is 105 Å². The van der Waals surface area contributed by atoms with Crippen LogP contribution in [0, 0.1) is 5.41 Å². The number of nitrogens with two attached hydrogens (primary N) is 1. The molecule has 0 saturated heterocycles. The molecule has 1 saturated carbocycles. The van der Waals surface area contributed by atoms with Crippen LogP contribution in [0.15, 0.2) is 6.33 Å². The van der Waals surface area contributed by atoms with Crippen LogP contribution in [0.25, 0.3) is 11.2 Å². The largest absolute Gasteiger partial charge is 0.368 e. The number of imidazole rings is 1. The van der Waals surface area contributed by atoms with E-state index in [1.165, 1.54) is 25.7 Å². The molecule has 6 heteroatoms. The van der Waals surface area contributed by atoms with Gasteiger partial charge in [-0.15, -0.1) is 0 Å². The number of anilines is 2. The van der Waals surface area contributed by atoms with Gasteiger partial charge in [0.25, 0.3) is 0 Å². The van der Waals surface area contributed by atoms with Gasteiger partial charge < -0.3 is 16.0 Å². The number of nitrogens with one attached hydrogen (secondary N) is 2. The highest BCUT2D eigenvalue weighted by molar-refractivity contribution is 5.83. The van der Waals surface area contributed by atoms with Gasteiger partial charge in [0.05, 0.1) is 6.33 Å². The van der Waals surface area contributed by atoms with E-state index >= 15 is 0 Å². The number of aromatic nitrogens is 4. The van der Waals surface area contributed by atoms with Crippen LogP contribution in [0.3, 0.4) is 0 Å². The third-order valence-electron chi connectivity index (χ3n) is 3.80. The molecule has 4 N–H and O–H groups in total. The molecule has 0 atom stereocenters. The second-order valence-corrected chi connectivity index (χ2v) is 5.40. The number of nitrogen functional groups attached to an aromatic ring is 1. The standard InChI is InChI=1S/C12H18N6/c1-12(4-2-3-5-12)6-14-9-8-10(16-7-15-8)18-11(13)17-9/h7H,2-6H2,1H3,(H4,13,14,15,16,17,18). The highest BCUT2D eigenvalue weighted by Gasteiger charge is 2.28. The Balaban J connectivity index is 1.83. The van der Waals surface area contributed by atoms with Gasteiger partial charge in [0, 0.05) is 6.54 Å². The molecule has 2 aromatic heterocycles. The molecular weight excluding hydrogens is 228 g/mol. The minimum atomic E-state index is 0.258. The molecule has 96 valence electrons. The summed E-state index contributed by atoms with van der Waals surface area (Å²) >= 11 is 0. The zero-order chi connectivity index (χ0) is 12.6. The summed E-state index contributed by atoms with van der Waals surface area (Å²) < 4.78 is 0. The maximum atomic E-state index is 5.68. The van der Waals surface area contributed by atoms with Crippen LogP contribution in [-0.4, -0.2) is 26.5 Å². The lowest BCUT2D eigenvalue weighted by Gasteiger charge is -2.24. The van der Waals surface area contributed by atoms with Crippen LogP contribution < -0.4 is 11.1 Å². The normalized spacial score (nSPS) is 18.3. The Hall–Kier alpha value is -1.85. The number of aromatic amines is 1. The third kappa shape index (κ3) is 1.98. The quantitative estimate of drug-likeness (QED) is 0.769. The van der Waals surface area contributed by atoms with Crippen molar-refractivity contribution < 1.29 is 0 Å². The molecule has 0 aliphatic heterocycles. The maximum absolute atomic E-state index is 5.68. The highest BCUT2D eigenvalue weighted by Crippen LogP contribution is 2.37. The number of hydrogen-bond acceptors (Lipinski definition) is 5. The van der Waals surface area contributed by atoms with Gasteiger partial charge in [-0.25, -0.2) is 4.98 Å². The first-order valence-corrected chi connectivity index (χ1v) is 6.37. The highest BCUT2D eigenvalue weighted by atomic mass is 15.1. The molecule has 0 amide bonds. The Kier molecular flexibility index (Phi) is 2.57. The van der Waals surface area contributed by atoms with Crippen molar-refractivity contribution in [2.45, 2.75) is 32.6 Å². The summed E-state index contributed by atoms with van der Waals surface area (Å²) in [6.45, 7) is 3.24. The van der Waals surface area contributed by atoms with E-state index in [1.807, 2.05) is 0 Å². The van der Waals surface area contributed by atoms with Gasteiger partial charge in [-0.3, -0.25) is 0 Å². The predicted molar refractivity (Wildman–Crippen MR) is 71.2 cm³/mol. The van der Waals surface area contributed by atoms with E-state index in [1.54, 1.807) is 6.33 Å². The van der Waals surface area contributed by atoms with E-state index in [-0.39, 0.29) is 5.95 Å². The summed E-state index contributed by atoms with van der Waals surface area (Å²) in [4.78, 5) is 15.5. The van der Waals surface area contributed by atoms with E-state index < -0.39 is 0 Å². The first kappa shape index (κ1) is 11.3. The Bertz CT molecular complexity index is 555. The molecule has 2 heterocycles. The molecule has 1 aliphatic rings. The van der Waals surface area contributed by atoms with Crippen LogP contribution in [0.2, 0.25) is 0 Å². The van der Waals surface area contributed by atoms with E-state index in [4.69, 9.17) is 5.73 Å². The first-order chi connectivity index (χ1) is 8.66. The second kappa shape index (κ2) is 4.12. The lowest BCUT2D eigenvalue weighted by molar-refractivity contribution is 0.362. The molecule has 0 bridgehead atoms. The van der Waals surface area contributed by atoms with Crippen molar-refractivity contribution in [3.8, 4) is 0 Å². The first-order valence-electron chi connectivity index (χ1n) is 6.37. The molecule has 0 spiro atoms. The molecule has 18 heavy (non-hydrogen) atoms. The number of H-pyrrole nitrogens is 1. The van der Waals surface area contributed by atoms with Crippen LogP contribution in [-0.2, 0) is 0 Å². The van der Waals surface area contributed by atoms with Crippen LogP contribution >= 0.6 is 0 Å². The van der Waals surface area contributed by atoms with Crippen LogP contribution in [0.5, 0.6) is 0 Å². The Morgan fingerprint density at radius 3 is 2.94 bits per heavy atom. The van der Waals surface area contributed by atoms with Crippen molar-refractivity contribution in [3.05, 3.63) is 6.33 Å². The van der Waals surface area contributed by atoms with E-state index in [0.717, 1.165) is 17.9 Å². The van der Waals surface area contributed by atoms with E-state index in [9.17, 15) is 0 Å². The molecule has 3 rings (SSSR count). The summed E-state index contributed by atoms with van der Waals surface area (Å²) in [6.07, 6.45) is 6.80. The minimum absolute atomic E-state index is 0.258. The van der Waals surface area contributed by atoms with Gasteiger partial charge >= 0.3 is 0 Å². The number of fused-ring (bicyclic) bond motifs is 1. The fourth-order valence-electron chi connectivity index (χ4n) is 2.68. The van der Waals surface area contributed by atoms with Crippen molar-refractivity contribution in [3.63, 3.8) is 0 Å². The Morgan fingerprint density at radius 1 is 1.39 bits per heavy atom. The predicted octanol–water partition coefficient (Wildman–Crippen LogP) is 1.93. The monoisotopic (exact) mass is 246 g/mol. The van der Waals surface area contributed by atoms with Gasteiger partial charge in [0.15, 0.2) is 11.5 Å². The topological polar surface area (TPSA) is 92.5 Å². The molecule has 1 aliphatic carbocycles. The minimum Gasteiger partial charge on any atom is -0.368 e. The molecule has 0 aromatic carbocycles. The second-order valence-electron chi connectivity index (χ2n) is 5.40. The van der Waals surface area contributed by atoms with Gasteiger partial charge in [-0.05, 0) is 18.3 Å². The van der Waals surface area contributed by atoms with Crippen molar-refractivity contribution in [2.24, 2.45) is 5.41 Å². The fourth-order valence-corrected chi connectivity index (χ4v) is 2.68. The summed E-state index contributed by atoms with van der Waals surface area (Å²) in [6, 6.07) is 0. The van der Waals surface area contributed by atoms with Crippen molar-refractivity contribution in [1.82, 2.24) is 19.9 Å². The zero-order valence-corrected chi connectivity index (χ0v) is 10.5. The van der Waals surface area contributed by atoms with Crippen LogP contribution in [0.1, 0.15) is 32.6 Å². The van der Waals surface area contributed by atoms with Gasteiger partial charge in [-0.1, -0.05) is 19.8 Å². The lowest BCUT2D eigenvalue weighted by atomic mass is 9.89. The maximum Gasteiger partial charge on any atom is 0.224 e. The lowest BCUT2D eigenvalue weighted by Crippen LogP contribution is -2.23. The summed E-state index contributed by atoms with van der Waals surface area (Å²) in [5.74, 6) is 1.01. The summed E-state index contributed by atoms with van der Waals surface area (Å²) in [5.41, 5.74) is 7.49. The molecule has 0 radical (unpaired) electrons. The van der Waals surface area contributed by atoms with E-state index in [0.29, 0.717) is 11.1 Å². The zero-order valence-electron chi connectivity index (χ0n) is 10.5. The van der Waals surface area contributed by atoms with Gasteiger partial charge in [-0.2, -0.15) is 9.97 Å².